The highest BCUT2D eigenvalue weighted by Gasteiger charge is 2.19. The van der Waals surface area contributed by atoms with Crippen LogP contribution in [0.3, 0.4) is 0 Å². The van der Waals surface area contributed by atoms with Crippen LogP contribution >= 0.6 is 34.8 Å². The van der Waals surface area contributed by atoms with Crippen molar-refractivity contribution in [2.45, 2.75) is 52.5 Å². The quantitative estimate of drug-likeness (QED) is 0.241. The summed E-state index contributed by atoms with van der Waals surface area (Å²) in [7, 11) is 0. The summed E-state index contributed by atoms with van der Waals surface area (Å²) in [6, 6.07) is 10.1. The maximum Gasteiger partial charge on any atom is 0.339 e. The van der Waals surface area contributed by atoms with Gasteiger partial charge < -0.3 is 25.6 Å². The maximum absolute atomic E-state index is 12.1. The number of rotatable bonds is 10. The lowest BCUT2D eigenvalue weighted by Gasteiger charge is -2.32. The molecule has 10 heteroatoms. The molecule has 1 saturated heterocycles. The minimum absolute atomic E-state index is 0.00713. The third-order valence-corrected chi connectivity index (χ3v) is 7.31. The predicted octanol–water partition coefficient (Wildman–Crippen LogP) is 6.62. The van der Waals surface area contributed by atoms with Gasteiger partial charge in [-0.05, 0) is 82.3 Å². The van der Waals surface area contributed by atoms with E-state index in [4.69, 9.17) is 45.3 Å². The van der Waals surface area contributed by atoms with Crippen LogP contribution < -0.4 is 11.1 Å². The number of esters is 1. The molecule has 0 bridgehead atoms. The first kappa shape index (κ1) is 32.2. The molecule has 1 heterocycles. The van der Waals surface area contributed by atoms with Gasteiger partial charge in [0.1, 0.15) is 6.61 Å². The number of ether oxygens (including phenoxy) is 1. The number of hydrogen-bond donors (Lipinski definition) is 2. The van der Waals surface area contributed by atoms with Gasteiger partial charge in [-0.3, -0.25) is 4.79 Å². The van der Waals surface area contributed by atoms with Gasteiger partial charge >= 0.3 is 5.97 Å². The molecule has 2 aromatic rings. The van der Waals surface area contributed by atoms with E-state index in [2.05, 4.69) is 35.9 Å². The normalized spacial score (nSPS) is 14.4. The first-order valence-electron chi connectivity index (χ1n) is 13.1. The highest BCUT2D eigenvalue weighted by Crippen LogP contribution is 2.26. The Bertz CT molecular complexity index is 1040. The minimum Gasteiger partial charge on any atom is -0.461 e. The molecular formula is C28H39Cl3N4O3. The average molecular weight is 586 g/mol. The zero-order valence-electron chi connectivity index (χ0n) is 22.4. The first-order chi connectivity index (χ1) is 18.1. The molecule has 0 saturated carbocycles. The molecule has 1 atom stereocenters. The molecule has 1 fully saturated rings. The third kappa shape index (κ3) is 11.0. The summed E-state index contributed by atoms with van der Waals surface area (Å²) in [5.41, 5.74) is 7.06. The Morgan fingerprint density at radius 1 is 1.03 bits per heavy atom. The van der Waals surface area contributed by atoms with Crippen LogP contribution in [-0.4, -0.2) is 67.0 Å². The largest absolute Gasteiger partial charge is 0.461 e. The Labute approximate surface area is 241 Å². The van der Waals surface area contributed by atoms with Gasteiger partial charge in [-0.15, -0.1) is 0 Å². The third-order valence-electron chi connectivity index (χ3n) is 6.45. The summed E-state index contributed by atoms with van der Waals surface area (Å²) in [4.78, 5) is 28.4. The number of hydrogen-bond acceptors (Lipinski definition) is 6. The van der Waals surface area contributed by atoms with E-state index in [1.807, 2.05) is 0 Å². The summed E-state index contributed by atoms with van der Waals surface area (Å²) in [5.74, 6) is -0.417. The number of anilines is 2. The fourth-order valence-corrected chi connectivity index (χ4v) is 4.85. The van der Waals surface area contributed by atoms with E-state index >= 15 is 0 Å². The molecule has 3 rings (SSSR count). The summed E-state index contributed by atoms with van der Waals surface area (Å²) >= 11 is 17.8. The number of halogens is 3. The summed E-state index contributed by atoms with van der Waals surface area (Å²) in [5, 5.41) is 4.21. The number of carbonyl (C=O) groups excluding carboxylic acids is 2. The Balaban J connectivity index is 0.000000269. The Kier molecular flexibility index (Phi) is 14.3. The van der Waals surface area contributed by atoms with Crippen LogP contribution in [0.15, 0.2) is 36.4 Å². The molecule has 38 heavy (non-hydrogen) atoms. The number of nitrogen functional groups attached to an aromatic ring is 1. The van der Waals surface area contributed by atoms with Gasteiger partial charge in [-0.25, -0.2) is 4.79 Å². The molecular weight excluding hydrogens is 547 g/mol. The summed E-state index contributed by atoms with van der Waals surface area (Å²) < 4.78 is 5.18. The van der Waals surface area contributed by atoms with Crippen molar-refractivity contribution < 1.29 is 14.3 Å². The molecule has 1 amide bonds. The van der Waals surface area contributed by atoms with Gasteiger partial charge in [0.05, 0.1) is 21.3 Å². The number of likely N-dealkylation sites (N-methyl/N-ethyl adjacent to an activating group) is 1. The van der Waals surface area contributed by atoms with Gasteiger partial charge in [0.15, 0.2) is 0 Å². The van der Waals surface area contributed by atoms with Crippen LogP contribution in [0.25, 0.3) is 0 Å². The van der Waals surface area contributed by atoms with Crippen molar-refractivity contribution in [3.63, 3.8) is 0 Å². The molecule has 1 unspecified atom stereocenters. The highest BCUT2D eigenvalue weighted by atomic mass is 35.5. The van der Waals surface area contributed by atoms with E-state index in [-0.39, 0.29) is 11.9 Å². The summed E-state index contributed by atoms with van der Waals surface area (Å²) in [6.07, 6.45) is 4.25. The van der Waals surface area contributed by atoms with Crippen molar-refractivity contribution in [3.8, 4) is 0 Å². The van der Waals surface area contributed by atoms with Gasteiger partial charge in [-0.2, -0.15) is 0 Å². The SMILES string of the molecule is CC(CC(=O)Nc1ccc(Cl)cc1Cl)N1CCCCC1.CCN(CC)CCOC(=O)c1ccc(N)cc1Cl. The van der Waals surface area contributed by atoms with Gasteiger partial charge in [0.25, 0.3) is 0 Å². The number of carbonyl (C=O) groups is 2. The van der Waals surface area contributed by atoms with E-state index in [1.165, 1.54) is 19.3 Å². The van der Waals surface area contributed by atoms with E-state index in [9.17, 15) is 9.59 Å². The van der Waals surface area contributed by atoms with E-state index in [1.54, 1.807) is 36.4 Å². The van der Waals surface area contributed by atoms with Gasteiger partial charge in [0.2, 0.25) is 5.91 Å². The second kappa shape index (κ2) is 16.8. The van der Waals surface area contributed by atoms with E-state index in [0.717, 1.165) is 32.7 Å². The molecule has 210 valence electrons. The molecule has 0 aromatic heterocycles. The van der Waals surface area contributed by atoms with Crippen LogP contribution in [0.4, 0.5) is 11.4 Å². The lowest BCUT2D eigenvalue weighted by molar-refractivity contribution is -0.117. The zero-order chi connectivity index (χ0) is 28.1. The molecule has 1 aliphatic rings. The number of benzene rings is 2. The van der Waals surface area contributed by atoms with Crippen LogP contribution in [0, 0.1) is 0 Å². The van der Waals surface area contributed by atoms with Crippen molar-refractivity contribution in [2.24, 2.45) is 0 Å². The number of nitrogens with two attached hydrogens (primary N) is 1. The van der Waals surface area contributed by atoms with Crippen LogP contribution in [-0.2, 0) is 9.53 Å². The lowest BCUT2D eigenvalue weighted by atomic mass is 10.1. The van der Waals surface area contributed by atoms with Crippen molar-refractivity contribution in [2.75, 3.05) is 50.4 Å². The molecule has 0 spiro atoms. The number of likely N-dealkylation sites (tertiary alicyclic amines) is 1. The predicted molar refractivity (Wildman–Crippen MR) is 159 cm³/mol. The minimum atomic E-state index is -0.410. The number of piperidine rings is 1. The molecule has 7 nitrogen and oxygen atoms in total. The standard InChI is InChI=1S/C15H20Cl2N2O.C13H19ClN2O2/c1-11(19-7-3-2-4-8-19)9-15(20)18-14-6-5-12(16)10-13(14)17;1-3-16(4-2)7-8-18-13(17)11-6-5-10(15)9-12(11)14/h5-6,10-11H,2-4,7-9H2,1H3,(H,18,20);5-6,9H,3-4,7-8,15H2,1-2H3. The Morgan fingerprint density at radius 3 is 2.32 bits per heavy atom. The maximum atomic E-state index is 12.1. The monoisotopic (exact) mass is 584 g/mol. The molecule has 2 aromatic carbocycles. The molecule has 3 N–H and O–H groups in total. The first-order valence-corrected chi connectivity index (χ1v) is 14.2. The van der Waals surface area contributed by atoms with Crippen LogP contribution in [0.5, 0.6) is 0 Å². The Morgan fingerprint density at radius 2 is 1.71 bits per heavy atom. The number of nitrogens with zero attached hydrogens (tertiary/aromatic N) is 2. The fraction of sp³-hybridized carbons (Fsp3) is 0.500. The number of nitrogens with one attached hydrogen (secondary N) is 1. The van der Waals surface area contributed by atoms with Crippen molar-refractivity contribution in [1.29, 1.82) is 0 Å². The lowest BCUT2D eigenvalue weighted by Crippen LogP contribution is -2.39. The molecule has 1 aliphatic heterocycles. The summed E-state index contributed by atoms with van der Waals surface area (Å²) in [6.45, 7) is 11.4. The van der Waals surface area contributed by atoms with Crippen molar-refractivity contribution >= 4 is 58.1 Å². The zero-order valence-corrected chi connectivity index (χ0v) is 24.7. The highest BCUT2D eigenvalue weighted by molar-refractivity contribution is 6.36. The van der Waals surface area contributed by atoms with E-state index in [0.29, 0.717) is 45.0 Å². The van der Waals surface area contributed by atoms with Crippen molar-refractivity contribution in [1.82, 2.24) is 9.80 Å². The second-order valence-electron chi connectivity index (χ2n) is 9.22. The van der Waals surface area contributed by atoms with Gasteiger partial charge in [0, 0.05) is 29.7 Å². The van der Waals surface area contributed by atoms with Crippen molar-refractivity contribution in [3.05, 3.63) is 57.0 Å². The molecule has 0 aliphatic carbocycles. The fourth-order valence-electron chi connectivity index (χ4n) is 4.13. The average Bonchev–Trinajstić information content (AvgIpc) is 2.89. The number of amides is 1. The van der Waals surface area contributed by atoms with Gasteiger partial charge in [-0.1, -0.05) is 55.1 Å². The Hall–Kier alpha value is -2.03. The van der Waals surface area contributed by atoms with Crippen LogP contribution in [0.2, 0.25) is 15.1 Å². The van der Waals surface area contributed by atoms with E-state index < -0.39 is 5.97 Å². The molecule has 0 radical (unpaired) electrons. The second-order valence-corrected chi connectivity index (χ2v) is 10.5. The topological polar surface area (TPSA) is 87.9 Å². The smallest absolute Gasteiger partial charge is 0.339 e. The van der Waals surface area contributed by atoms with Crippen LogP contribution in [0.1, 0.15) is 56.8 Å².